The number of unbranched alkanes of at least 4 members (excludes halogenated alkanes) is 1. The number of hydrogen-bond acceptors (Lipinski definition) is 4. The van der Waals surface area contributed by atoms with Crippen LogP contribution in [0.1, 0.15) is 25.3 Å². The third-order valence-electron chi connectivity index (χ3n) is 5.07. The number of H-pyrrole nitrogens is 1. The first-order valence-electron chi connectivity index (χ1n) is 10.3. The number of amides is 1. The molecule has 1 amide bonds. The molecule has 0 atom stereocenters. The van der Waals surface area contributed by atoms with Crippen molar-refractivity contribution >= 4 is 29.0 Å². The number of carbonyl (C=O) groups excluding carboxylic acids is 1. The molecule has 0 bridgehead atoms. The largest absolute Gasteiger partial charge is 0.355 e. The van der Waals surface area contributed by atoms with Crippen LogP contribution in [0.15, 0.2) is 53.3 Å². The number of para-hydroxylation sites is 1. The van der Waals surface area contributed by atoms with E-state index in [4.69, 9.17) is 12.2 Å². The van der Waals surface area contributed by atoms with Crippen LogP contribution in [-0.2, 0) is 11.2 Å². The number of benzene rings is 2. The smallest absolute Gasteiger partial charge is 0.266 e. The third kappa shape index (κ3) is 5.43. The number of rotatable bonds is 9. The van der Waals surface area contributed by atoms with E-state index in [9.17, 15) is 9.59 Å². The number of aromatic nitrogens is 2. The van der Waals surface area contributed by atoms with E-state index in [0.29, 0.717) is 28.8 Å². The quantitative estimate of drug-likeness (QED) is 0.516. The number of carbonyl (C=O) groups is 1. The van der Waals surface area contributed by atoms with Gasteiger partial charge >= 0.3 is 0 Å². The maximum Gasteiger partial charge on any atom is 0.266 e. The fraction of sp³-hybridized carbons (Fsp3) is 0.348. The Balaban J connectivity index is 1.65. The summed E-state index contributed by atoms with van der Waals surface area (Å²) >= 11 is 5.39. The average Bonchev–Trinajstić information content (AvgIpc) is 2.73. The number of likely N-dealkylation sites (N-methyl/N-ethyl adjacent to an activating group) is 1. The highest BCUT2D eigenvalue weighted by Gasteiger charge is 2.09. The van der Waals surface area contributed by atoms with Crippen LogP contribution in [0.5, 0.6) is 0 Å². The predicted octanol–water partition coefficient (Wildman–Crippen LogP) is 3.44. The van der Waals surface area contributed by atoms with Crippen molar-refractivity contribution < 1.29 is 4.79 Å². The number of nitrogens with one attached hydrogen (secondary N) is 2. The molecule has 0 aliphatic carbocycles. The molecule has 3 aromatic rings. The molecule has 1 heterocycles. The van der Waals surface area contributed by atoms with Crippen LogP contribution in [0.4, 0.5) is 0 Å². The summed E-state index contributed by atoms with van der Waals surface area (Å²) in [7, 11) is 2.07. The molecule has 3 rings (SSSR count). The standard InChI is InChI=1S/C23H28N4O2S/c1-3-4-14-26(2)15-13-24-21(28)16-17-9-11-18(12-10-17)27-22(29)19-7-5-6-8-20(19)25-23(27)30/h5-12H,3-4,13-16H2,1-2H3,(H,24,28)(H,25,30). The zero-order valence-electron chi connectivity index (χ0n) is 17.5. The first-order chi connectivity index (χ1) is 14.5. The van der Waals surface area contributed by atoms with Gasteiger partial charge in [0.2, 0.25) is 5.91 Å². The molecule has 0 aliphatic rings. The van der Waals surface area contributed by atoms with Crippen LogP contribution in [0.2, 0.25) is 0 Å². The highest BCUT2D eigenvalue weighted by molar-refractivity contribution is 7.71. The van der Waals surface area contributed by atoms with Crippen LogP contribution < -0.4 is 10.9 Å². The van der Waals surface area contributed by atoms with Gasteiger partial charge in [-0.2, -0.15) is 0 Å². The van der Waals surface area contributed by atoms with Gasteiger partial charge < -0.3 is 15.2 Å². The highest BCUT2D eigenvalue weighted by atomic mass is 32.1. The lowest BCUT2D eigenvalue weighted by Gasteiger charge is -2.16. The van der Waals surface area contributed by atoms with Gasteiger partial charge in [-0.05, 0) is 62.1 Å². The summed E-state index contributed by atoms with van der Waals surface area (Å²) in [5.41, 5.74) is 2.12. The Labute approximate surface area is 181 Å². The van der Waals surface area contributed by atoms with E-state index in [-0.39, 0.29) is 11.5 Å². The summed E-state index contributed by atoms with van der Waals surface area (Å²) < 4.78 is 1.82. The van der Waals surface area contributed by atoms with Gasteiger partial charge in [-0.25, -0.2) is 0 Å². The lowest BCUT2D eigenvalue weighted by molar-refractivity contribution is -0.120. The molecule has 2 aromatic carbocycles. The molecule has 0 fully saturated rings. The Morgan fingerprint density at radius 3 is 2.60 bits per heavy atom. The monoisotopic (exact) mass is 424 g/mol. The Kier molecular flexibility index (Phi) is 7.54. The second kappa shape index (κ2) is 10.3. The molecule has 7 heteroatoms. The molecule has 0 aliphatic heterocycles. The van der Waals surface area contributed by atoms with Crippen molar-refractivity contribution in [3.63, 3.8) is 0 Å². The van der Waals surface area contributed by atoms with Crippen LogP contribution >= 0.6 is 12.2 Å². The second-order valence-corrected chi connectivity index (χ2v) is 7.85. The van der Waals surface area contributed by atoms with Gasteiger partial charge in [0, 0.05) is 13.1 Å². The van der Waals surface area contributed by atoms with E-state index in [1.54, 1.807) is 6.07 Å². The molecule has 30 heavy (non-hydrogen) atoms. The van der Waals surface area contributed by atoms with Crippen LogP contribution in [0.25, 0.3) is 16.6 Å². The average molecular weight is 425 g/mol. The SMILES string of the molecule is CCCCN(C)CCNC(=O)Cc1ccc(-n2c(=S)[nH]c3ccccc3c2=O)cc1. The predicted molar refractivity (Wildman–Crippen MR) is 124 cm³/mol. The summed E-state index contributed by atoms with van der Waals surface area (Å²) in [6, 6.07) is 14.7. The third-order valence-corrected chi connectivity index (χ3v) is 5.36. The van der Waals surface area contributed by atoms with E-state index in [0.717, 1.165) is 24.2 Å². The first-order valence-corrected chi connectivity index (χ1v) is 10.7. The number of hydrogen-bond donors (Lipinski definition) is 2. The van der Waals surface area contributed by atoms with Crippen molar-refractivity contribution in [1.82, 2.24) is 19.8 Å². The summed E-state index contributed by atoms with van der Waals surface area (Å²) in [4.78, 5) is 30.4. The lowest BCUT2D eigenvalue weighted by atomic mass is 10.1. The summed E-state index contributed by atoms with van der Waals surface area (Å²) in [6.07, 6.45) is 2.64. The fourth-order valence-corrected chi connectivity index (χ4v) is 3.63. The van der Waals surface area contributed by atoms with Gasteiger partial charge in [-0.1, -0.05) is 37.6 Å². The van der Waals surface area contributed by atoms with Crippen molar-refractivity contribution in [2.75, 3.05) is 26.7 Å². The van der Waals surface area contributed by atoms with Crippen molar-refractivity contribution in [2.24, 2.45) is 0 Å². The molecule has 0 saturated carbocycles. The van der Waals surface area contributed by atoms with Gasteiger partial charge in [-0.3, -0.25) is 14.2 Å². The normalized spacial score (nSPS) is 11.2. The minimum absolute atomic E-state index is 0.00759. The van der Waals surface area contributed by atoms with Gasteiger partial charge in [0.25, 0.3) is 5.56 Å². The molecule has 0 radical (unpaired) electrons. The summed E-state index contributed by atoms with van der Waals surface area (Å²) in [5.74, 6) is -0.00759. The zero-order valence-corrected chi connectivity index (χ0v) is 18.3. The Bertz CT molecular complexity index is 1120. The maximum absolute atomic E-state index is 12.9. The highest BCUT2D eigenvalue weighted by Crippen LogP contribution is 2.12. The number of fused-ring (bicyclic) bond motifs is 1. The van der Waals surface area contributed by atoms with E-state index >= 15 is 0 Å². The summed E-state index contributed by atoms with van der Waals surface area (Å²) in [6.45, 7) is 4.70. The number of nitrogens with zero attached hydrogens (tertiary/aromatic N) is 2. The minimum atomic E-state index is -0.160. The molecular weight excluding hydrogens is 396 g/mol. The van der Waals surface area contributed by atoms with Crippen molar-refractivity contribution in [3.05, 3.63) is 69.2 Å². The van der Waals surface area contributed by atoms with Gasteiger partial charge in [0.05, 0.1) is 23.0 Å². The van der Waals surface area contributed by atoms with Crippen molar-refractivity contribution in [3.8, 4) is 5.69 Å². The van der Waals surface area contributed by atoms with Crippen molar-refractivity contribution in [1.29, 1.82) is 0 Å². The molecule has 0 spiro atoms. The van der Waals surface area contributed by atoms with E-state index in [1.807, 2.05) is 42.5 Å². The van der Waals surface area contributed by atoms with Gasteiger partial charge in [0.1, 0.15) is 0 Å². The molecule has 158 valence electrons. The molecule has 6 nitrogen and oxygen atoms in total. The topological polar surface area (TPSA) is 70.1 Å². The second-order valence-electron chi connectivity index (χ2n) is 7.47. The summed E-state index contributed by atoms with van der Waals surface area (Å²) in [5, 5.41) is 3.55. The maximum atomic E-state index is 12.9. The van der Waals surface area contributed by atoms with Crippen LogP contribution in [0.3, 0.4) is 0 Å². The molecular formula is C23H28N4O2S. The molecule has 0 saturated heterocycles. The lowest BCUT2D eigenvalue weighted by Crippen LogP contribution is -2.34. The van der Waals surface area contributed by atoms with Crippen molar-refractivity contribution in [2.45, 2.75) is 26.2 Å². The fourth-order valence-electron chi connectivity index (χ4n) is 3.33. The van der Waals surface area contributed by atoms with E-state index < -0.39 is 0 Å². The van der Waals surface area contributed by atoms with Gasteiger partial charge in [0.15, 0.2) is 4.77 Å². The van der Waals surface area contributed by atoms with E-state index in [1.165, 1.54) is 17.4 Å². The van der Waals surface area contributed by atoms with Crippen LogP contribution in [0, 0.1) is 4.77 Å². The zero-order chi connectivity index (χ0) is 21.5. The van der Waals surface area contributed by atoms with Crippen LogP contribution in [-0.4, -0.2) is 47.0 Å². The first kappa shape index (κ1) is 21.9. The van der Waals surface area contributed by atoms with Gasteiger partial charge in [-0.15, -0.1) is 0 Å². The molecule has 0 unspecified atom stereocenters. The Morgan fingerprint density at radius 2 is 1.87 bits per heavy atom. The number of aromatic amines is 1. The Morgan fingerprint density at radius 1 is 1.13 bits per heavy atom. The molecule has 1 aromatic heterocycles. The Hall–Kier alpha value is -2.77. The minimum Gasteiger partial charge on any atom is -0.355 e. The molecule has 2 N–H and O–H groups in total. The van der Waals surface area contributed by atoms with E-state index in [2.05, 4.69) is 29.2 Å².